The highest BCUT2D eigenvalue weighted by Gasteiger charge is 2.51. The molecule has 0 aliphatic heterocycles. The molecule has 1 N–H and O–H groups in total. The van der Waals surface area contributed by atoms with Gasteiger partial charge < -0.3 is 10.1 Å². The van der Waals surface area contributed by atoms with Gasteiger partial charge in [0.15, 0.2) is 11.6 Å². The van der Waals surface area contributed by atoms with Crippen LogP contribution in [0.5, 0.6) is 11.6 Å². The number of fused-ring (bicyclic) bond motifs is 1. The van der Waals surface area contributed by atoms with Gasteiger partial charge >= 0.3 is 0 Å². The van der Waals surface area contributed by atoms with E-state index in [4.69, 9.17) is 4.74 Å². The number of rotatable bonds is 6. The molecule has 4 aliphatic rings. The van der Waals surface area contributed by atoms with Gasteiger partial charge in [-0.3, -0.25) is 14.2 Å². The van der Waals surface area contributed by atoms with Crippen molar-refractivity contribution in [1.82, 2.24) is 9.55 Å². The third-order valence-electron chi connectivity index (χ3n) is 8.97. The van der Waals surface area contributed by atoms with E-state index in [0.29, 0.717) is 28.6 Å². The van der Waals surface area contributed by atoms with E-state index >= 15 is 0 Å². The van der Waals surface area contributed by atoms with Crippen LogP contribution >= 0.6 is 0 Å². The molecule has 8 rings (SSSR count). The van der Waals surface area contributed by atoms with E-state index in [2.05, 4.69) is 10.3 Å². The maximum atomic E-state index is 14.2. The molecule has 0 unspecified atom stereocenters. The Kier molecular flexibility index (Phi) is 5.76. The fourth-order valence-corrected chi connectivity index (χ4v) is 7.89. The number of benzene rings is 2. The Hall–Kier alpha value is -4.00. The number of nitrogens with zero attached hydrogens (tertiary/aromatic N) is 2. The zero-order valence-corrected chi connectivity index (χ0v) is 21.6. The van der Waals surface area contributed by atoms with Gasteiger partial charge in [-0.25, -0.2) is 9.37 Å². The van der Waals surface area contributed by atoms with Crippen LogP contribution in [0.3, 0.4) is 0 Å². The number of para-hydroxylation sites is 1. The van der Waals surface area contributed by atoms with Crippen LogP contribution in [0.1, 0.15) is 44.9 Å². The highest BCUT2D eigenvalue weighted by Crippen LogP contribution is 2.61. The minimum atomic E-state index is -0.520. The summed E-state index contributed by atoms with van der Waals surface area (Å²) in [6, 6.07) is 16.7. The van der Waals surface area contributed by atoms with Crippen molar-refractivity contribution < 1.29 is 13.9 Å². The molecule has 0 radical (unpaired) electrons. The van der Waals surface area contributed by atoms with Crippen molar-refractivity contribution in [2.24, 2.45) is 23.2 Å². The summed E-state index contributed by atoms with van der Waals surface area (Å²) in [5.41, 5.74) is 0.894. The van der Waals surface area contributed by atoms with Gasteiger partial charge in [-0.2, -0.15) is 0 Å². The molecule has 0 atom stereocenters. The number of aromatic nitrogens is 2. The normalized spacial score (nSPS) is 25.1. The molecule has 198 valence electrons. The first-order chi connectivity index (χ1) is 19.0. The third kappa shape index (κ3) is 4.40. The third-order valence-corrected chi connectivity index (χ3v) is 8.97. The number of amides is 1. The average molecular weight is 524 g/mol. The summed E-state index contributed by atoms with van der Waals surface area (Å²) >= 11 is 0. The van der Waals surface area contributed by atoms with Crippen molar-refractivity contribution in [2.45, 2.75) is 44.9 Å². The van der Waals surface area contributed by atoms with Crippen LogP contribution < -0.4 is 15.6 Å². The lowest BCUT2D eigenvalue weighted by Gasteiger charge is -2.56. The van der Waals surface area contributed by atoms with Crippen molar-refractivity contribution in [3.63, 3.8) is 0 Å². The number of ether oxygens (including phenoxy) is 1. The van der Waals surface area contributed by atoms with E-state index < -0.39 is 5.82 Å². The lowest BCUT2D eigenvalue weighted by atomic mass is 9.49. The first kappa shape index (κ1) is 24.1. The highest BCUT2D eigenvalue weighted by molar-refractivity contribution is 6.02. The summed E-state index contributed by atoms with van der Waals surface area (Å²) < 4.78 is 21.4. The topological polar surface area (TPSA) is 73.2 Å². The van der Waals surface area contributed by atoms with Crippen LogP contribution in [0, 0.1) is 29.0 Å². The Morgan fingerprint density at radius 3 is 2.44 bits per heavy atom. The standard InChI is InChI=1S/C32H30FN3O3/c33-25-6-1-2-9-28(25)39-30-27(8-4-11-34-30)36-12-10-23-24(31(36)38)5-3-7-26(23)35-29(37)19-32-16-20-13-21(17-32)15-22(14-20)18-32/h1-12,20-22H,13-19H2,(H,35,37). The first-order valence-corrected chi connectivity index (χ1v) is 13.8. The summed E-state index contributed by atoms with van der Waals surface area (Å²) in [4.78, 5) is 31.2. The number of pyridine rings is 2. The van der Waals surface area contributed by atoms with Gasteiger partial charge in [0.05, 0.1) is 0 Å². The smallest absolute Gasteiger partial charge is 0.263 e. The fraction of sp³-hybridized carbons (Fsp3) is 0.344. The van der Waals surface area contributed by atoms with E-state index in [0.717, 1.165) is 17.8 Å². The molecule has 4 fully saturated rings. The van der Waals surface area contributed by atoms with Crippen molar-refractivity contribution in [3.05, 3.63) is 89.2 Å². The highest BCUT2D eigenvalue weighted by atomic mass is 19.1. The molecular weight excluding hydrogens is 493 g/mol. The Morgan fingerprint density at radius 2 is 1.69 bits per heavy atom. The molecule has 6 nitrogen and oxygen atoms in total. The second kappa shape index (κ2) is 9.33. The Balaban J connectivity index is 1.17. The van der Waals surface area contributed by atoms with Gasteiger partial charge in [-0.05, 0) is 104 Å². The van der Waals surface area contributed by atoms with E-state index in [1.165, 1.54) is 61.4 Å². The van der Waals surface area contributed by atoms with E-state index in [1.807, 2.05) is 12.1 Å². The van der Waals surface area contributed by atoms with Crippen molar-refractivity contribution in [1.29, 1.82) is 0 Å². The summed E-state index contributed by atoms with van der Waals surface area (Å²) in [5, 5.41) is 4.27. The van der Waals surface area contributed by atoms with Gasteiger partial charge in [-0.1, -0.05) is 18.2 Å². The molecule has 2 heterocycles. The summed E-state index contributed by atoms with van der Waals surface area (Å²) in [7, 11) is 0. The minimum absolute atomic E-state index is 0.0234. The van der Waals surface area contributed by atoms with Crippen molar-refractivity contribution >= 4 is 22.4 Å². The number of nitrogens with one attached hydrogen (secondary N) is 1. The molecule has 1 amide bonds. The van der Waals surface area contributed by atoms with Crippen LogP contribution in [0.4, 0.5) is 10.1 Å². The Bertz CT molecular complexity index is 1610. The SMILES string of the molecule is O=C(CC12CC3CC(CC(C3)C1)C2)Nc1cccc2c(=O)n(-c3cccnc3Oc3ccccc3F)ccc12. The fourth-order valence-electron chi connectivity index (χ4n) is 7.89. The summed E-state index contributed by atoms with van der Waals surface area (Å²) in [6.45, 7) is 0. The number of hydrogen-bond acceptors (Lipinski definition) is 4. The van der Waals surface area contributed by atoms with Gasteiger partial charge in [0.2, 0.25) is 11.8 Å². The Labute approximate surface area is 225 Å². The van der Waals surface area contributed by atoms with Gasteiger partial charge in [-0.15, -0.1) is 0 Å². The number of hydrogen-bond donors (Lipinski definition) is 1. The average Bonchev–Trinajstić information content (AvgIpc) is 2.90. The maximum Gasteiger partial charge on any atom is 0.263 e. The molecule has 4 bridgehead atoms. The molecule has 2 aromatic heterocycles. The first-order valence-electron chi connectivity index (χ1n) is 13.8. The van der Waals surface area contributed by atoms with Gasteiger partial charge in [0.1, 0.15) is 5.69 Å². The van der Waals surface area contributed by atoms with Crippen LogP contribution in [0.2, 0.25) is 0 Å². The van der Waals surface area contributed by atoms with Crippen molar-refractivity contribution in [3.8, 4) is 17.3 Å². The van der Waals surface area contributed by atoms with E-state index in [1.54, 1.807) is 42.6 Å². The predicted molar refractivity (Wildman–Crippen MR) is 148 cm³/mol. The van der Waals surface area contributed by atoms with Crippen molar-refractivity contribution in [2.75, 3.05) is 5.32 Å². The molecule has 0 spiro atoms. The maximum absolute atomic E-state index is 14.2. The molecule has 4 aromatic rings. The van der Waals surface area contributed by atoms with E-state index in [-0.39, 0.29) is 28.5 Å². The molecule has 2 aromatic carbocycles. The van der Waals surface area contributed by atoms with Crippen LogP contribution in [-0.2, 0) is 4.79 Å². The number of carbonyl (C=O) groups is 1. The summed E-state index contributed by atoms with van der Waals surface area (Å²) in [5.74, 6) is 2.02. The van der Waals surface area contributed by atoms with Gasteiger partial charge in [0.25, 0.3) is 5.56 Å². The summed E-state index contributed by atoms with van der Waals surface area (Å²) in [6.07, 6.45) is 11.3. The number of carbonyl (C=O) groups excluding carboxylic acids is 1. The van der Waals surface area contributed by atoms with Crippen LogP contribution in [0.25, 0.3) is 16.5 Å². The molecule has 4 aliphatic carbocycles. The molecule has 39 heavy (non-hydrogen) atoms. The second-order valence-corrected chi connectivity index (χ2v) is 11.8. The van der Waals surface area contributed by atoms with Gasteiger partial charge in [0, 0.05) is 35.3 Å². The molecule has 7 heteroatoms. The van der Waals surface area contributed by atoms with E-state index in [9.17, 15) is 14.0 Å². The predicted octanol–water partition coefficient (Wildman–Crippen LogP) is 6.86. The van der Waals surface area contributed by atoms with Crippen LogP contribution in [0.15, 0.2) is 77.9 Å². The monoisotopic (exact) mass is 523 g/mol. The second-order valence-electron chi connectivity index (χ2n) is 11.8. The largest absolute Gasteiger partial charge is 0.434 e. The quantitative estimate of drug-likeness (QED) is 0.300. The molecule has 0 saturated heterocycles. The number of halogens is 1. The van der Waals surface area contributed by atoms with Crippen LogP contribution in [-0.4, -0.2) is 15.5 Å². The lowest BCUT2D eigenvalue weighted by Crippen LogP contribution is -2.47. The Morgan fingerprint density at radius 1 is 0.949 bits per heavy atom. The zero-order chi connectivity index (χ0) is 26.6. The lowest BCUT2D eigenvalue weighted by molar-refractivity contribution is -0.124. The molecular formula is C32H30FN3O3. The number of anilines is 1. The zero-order valence-electron chi connectivity index (χ0n) is 21.6. The minimum Gasteiger partial charge on any atom is -0.434 e. The molecule has 4 saturated carbocycles.